The molecule has 0 saturated carbocycles. The van der Waals surface area contributed by atoms with Crippen LogP contribution in [-0.2, 0) is 9.59 Å². The Labute approximate surface area is 161 Å². The van der Waals surface area contributed by atoms with Crippen molar-refractivity contribution in [2.45, 2.75) is 51.9 Å². The number of carbonyl (C=O) groups excluding carboxylic acids is 3. The molecule has 0 aliphatic heterocycles. The van der Waals surface area contributed by atoms with Gasteiger partial charge in [-0.1, -0.05) is 32.6 Å². The number of nitrogens with one attached hydrogen (secondary N) is 3. The van der Waals surface area contributed by atoms with E-state index in [1.165, 1.54) is 19.3 Å². The largest absolute Gasteiger partial charge is 0.378 e. The van der Waals surface area contributed by atoms with Crippen LogP contribution in [-0.4, -0.2) is 38.4 Å². The van der Waals surface area contributed by atoms with E-state index in [0.29, 0.717) is 12.1 Å². The monoisotopic (exact) mass is 376 g/mol. The summed E-state index contributed by atoms with van der Waals surface area (Å²) < 4.78 is 0. The maximum atomic E-state index is 12.0. The highest BCUT2D eigenvalue weighted by Crippen LogP contribution is 2.11. The van der Waals surface area contributed by atoms with Crippen molar-refractivity contribution in [2.24, 2.45) is 0 Å². The number of anilines is 1. The number of carbonyl (C=O) groups is 3. The van der Waals surface area contributed by atoms with Crippen LogP contribution in [0.15, 0.2) is 24.3 Å². The van der Waals surface area contributed by atoms with Crippen LogP contribution in [0.4, 0.5) is 5.69 Å². The summed E-state index contributed by atoms with van der Waals surface area (Å²) in [6, 6.07) is 7.02. The van der Waals surface area contributed by atoms with Gasteiger partial charge in [0.15, 0.2) is 0 Å². The highest BCUT2D eigenvalue weighted by Gasteiger charge is 2.09. The zero-order chi connectivity index (χ0) is 20.1. The Kier molecular flexibility index (Phi) is 10.6. The molecular formula is C20H32N4O3. The Balaban J connectivity index is 2.19. The first-order chi connectivity index (χ1) is 12.9. The van der Waals surface area contributed by atoms with E-state index in [0.717, 1.165) is 18.5 Å². The molecule has 0 aromatic heterocycles. The van der Waals surface area contributed by atoms with Gasteiger partial charge in [-0.2, -0.15) is 0 Å². The normalized spacial score (nSPS) is 10.2. The van der Waals surface area contributed by atoms with Crippen LogP contribution in [0.25, 0.3) is 0 Å². The lowest BCUT2D eigenvalue weighted by atomic mass is 10.1. The van der Waals surface area contributed by atoms with Crippen molar-refractivity contribution < 1.29 is 14.4 Å². The van der Waals surface area contributed by atoms with E-state index in [4.69, 9.17) is 0 Å². The highest BCUT2D eigenvalue weighted by atomic mass is 16.2. The van der Waals surface area contributed by atoms with E-state index in [2.05, 4.69) is 23.1 Å². The molecule has 0 spiro atoms. The predicted molar refractivity (Wildman–Crippen MR) is 107 cm³/mol. The maximum Gasteiger partial charge on any atom is 0.269 e. The summed E-state index contributed by atoms with van der Waals surface area (Å²) in [5.41, 5.74) is 6.12. The Morgan fingerprint density at radius 3 is 2.11 bits per heavy atom. The van der Waals surface area contributed by atoms with Gasteiger partial charge in [-0.05, 0) is 30.7 Å². The minimum atomic E-state index is -0.398. The quantitative estimate of drug-likeness (QED) is 0.408. The molecular weight excluding hydrogens is 344 g/mol. The Morgan fingerprint density at radius 1 is 0.852 bits per heavy atom. The second kappa shape index (κ2) is 12.7. The van der Waals surface area contributed by atoms with E-state index < -0.39 is 11.8 Å². The van der Waals surface area contributed by atoms with Crippen molar-refractivity contribution in [3.63, 3.8) is 0 Å². The summed E-state index contributed by atoms with van der Waals surface area (Å²) in [6.07, 6.45) is 5.80. The summed E-state index contributed by atoms with van der Waals surface area (Å²) >= 11 is 0. The van der Waals surface area contributed by atoms with Gasteiger partial charge >= 0.3 is 0 Å². The smallest absolute Gasteiger partial charge is 0.269 e. The van der Waals surface area contributed by atoms with Crippen molar-refractivity contribution in [3.05, 3.63) is 29.8 Å². The second-order valence-corrected chi connectivity index (χ2v) is 6.71. The molecule has 150 valence electrons. The molecule has 0 fully saturated rings. The highest BCUT2D eigenvalue weighted by molar-refractivity contribution is 5.95. The third-order valence-electron chi connectivity index (χ3n) is 4.14. The fraction of sp³-hybridized carbons (Fsp3) is 0.550. The number of benzene rings is 1. The van der Waals surface area contributed by atoms with Crippen molar-refractivity contribution >= 4 is 23.4 Å². The van der Waals surface area contributed by atoms with Crippen molar-refractivity contribution in [1.82, 2.24) is 16.2 Å². The SMILES string of the molecule is CCCCCCCNC(=O)CCC(=O)NNC(=O)c1ccc(N(C)C)cc1. The molecule has 0 unspecified atom stereocenters. The third-order valence-corrected chi connectivity index (χ3v) is 4.14. The minimum Gasteiger partial charge on any atom is -0.378 e. The molecule has 1 rings (SSSR count). The lowest BCUT2D eigenvalue weighted by molar-refractivity contribution is -0.126. The fourth-order valence-corrected chi connectivity index (χ4v) is 2.44. The number of rotatable bonds is 11. The lowest BCUT2D eigenvalue weighted by Crippen LogP contribution is -2.42. The first-order valence-electron chi connectivity index (χ1n) is 9.57. The molecule has 0 aliphatic carbocycles. The van der Waals surface area contributed by atoms with Gasteiger partial charge in [0.2, 0.25) is 11.8 Å². The van der Waals surface area contributed by atoms with Crippen LogP contribution >= 0.6 is 0 Å². The molecule has 7 nitrogen and oxygen atoms in total. The molecule has 1 aromatic rings. The summed E-state index contributed by atoms with van der Waals surface area (Å²) in [4.78, 5) is 37.4. The Morgan fingerprint density at radius 2 is 1.48 bits per heavy atom. The van der Waals surface area contributed by atoms with Crippen molar-refractivity contribution in [2.75, 3.05) is 25.5 Å². The van der Waals surface area contributed by atoms with E-state index in [-0.39, 0.29) is 18.7 Å². The molecule has 0 atom stereocenters. The molecule has 0 radical (unpaired) electrons. The van der Waals surface area contributed by atoms with Crippen molar-refractivity contribution in [3.8, 4) is 0 Å². The van der Waals surface area contributed by atoms with Gasteiger partial charge < -0.3 is 10.2 Å². The first kappa shape index (κ1) is 22.5. The molecule has 0 bridgehead atoms. The average Bonchev–Trinajstić information content (AvgIpc) is 2.67. The summed E-state index contributed by atoms with van der Waals surface area (Å²) in [5, 5.41) is 2.81. The third kappa shape index (κ3) is 9.63. The van der Waals surface area contributed by atoms with Crippen molar-refractivity contribution in [1.29, 1.82) is 0 Å². The van der Waals surface area contributed by atoms with Gasteiger partial charge in [-0.25, -0.2) is 0 Å². The second-order valence-electron chi connectivity index (χ2n) is 6.71. The number of hydrogen-bond acceptors (Lipinski definition) is 4. The van der Waals surface area contributed by atoms with Gasteiger partial charge in [0.1, 0.15) is 0 Å². The van der Waals surface area contributed by atoms with Crippen LogP contribution < -0.4 is 21.1 Å². The molecule has 1 aromatic carbocycles. The zero-order valence-corrected chi connectivity index (χ0v) is 16.6. The Bertz CT molecular complexity index is 600. The van der Waals surface area contributed by atoms with Gasteiger partial charge in [0, 0.05) is 44.7 Å². The van der Waals surface area contributed by atoms with Crippen LogP contribution in [0, 0.1) is 0 Å². The topological polar surface area (TPSA) is 90.5 Å². The van der Waals surface area contributed by atoms with E-state index >= 15 is 0 Å². The number of amides is 3. The zero-order valence-electron chi connectivity index (χ0n) is 16.6. The standard InChI is InChI=1S/C20H32N4O3/c1-4-5-6-7-8-15-21-18(25)13-14-19(26)22-23-20(27)16-9-11-17(12-10-16)24(2)3/h9-12H,4-8,13-15H2,1-3H3,(H,21,25)(H,22,26)(H,23,27). The summed E-state index contributed by atoms with van der Waals surface area (Å²) in [6.45, 7) is 2.81. The van der Waals surface area contributed by atoms with E-state index in [1.807, 2.05) is 31.1 Å². The molecule has 3 amide bonds. The molecule has 3 N–H and O–H groups in total. The molecule has 7 heteroatoms. The predicted octanol–water partition coefficient (Wildman–Crippen LogP) is 2.38. The molecule has 0 heterocycles. The summed E-state index contributed by atoms with van der Waals surface area (Å²) in [7, 11) is 3.83. The minimum absolute atomic E-state index is 0.0293. The van der Waals surface area contributed by atoms with Gasteiger partial charge in [-0.3, -0.25) is 25.2 Å². The van der Waals surface area contributed by atoms with Crippen LogP contribution in [0.3, 0.4) is 0 Å². The van der Waals surface area contributed by atoms with E-state index in [9.17, 15) is 14.4 Å². The molecule has 27 heavy (non-hydrogen) atoms. The average molecular weight is 377 g/mol. The van der Waals surface area contributed by atoms with Gasteiger partial charge in [0.25, 0.3) is 5.91 Å². The molecule has 0 saturated heterocycles. The van der Waals surface area contributed by atoms with Crippen LogP contribution in [0.1, 0.15) is 62.2 Å². The maximum absolute atomic E-state index is 12.0. The molecule has 0 aliphatic rings. The summed E-state index contributed by atoms with van der Waals surface area (Å²) in [5.74, 6) is -0.942. The number of unbranched alkanes of at least 4 members (excludes halogenated alkanes) is 4. The number of nitrogens with zero attached hydrogens (tertiary/aromatic N) is 1. The van der Waals surface area contributed by atoms with Gasteiger partial charge in [-0.15, -0.1) is 0 Å². The lowest BCUT2D eigenvalue weighted by Gasteiger charge is -2.13. The fourth-order valence-electron chi connectivity index (χ4n) is 2.44. The Hall–Kier alpha value is -2.57. The number of hydrogen-bond donors (Lipinski definition) is 3. The number of hydrazine groups is 1. The van der Waals surface area contributed by atoms with Crippen LogP contribution in [0.5, 0.6) is 0 Å². The van der Waals surface area contributed by atoms with E-state index in [1.54, 1.807) is 12.1 Å². The first-order valence-corrected chi connectivity index (χ1v) is 9.57. The van der Waals surface area contributed by atoms with Gasteiger partial charge in [0.05, 0.1) is 0 Å². The van der Waals surface area contributed by atoms with Crippen LogP contribution in [0.2, 0.25) is 0 Å².